The Morgan fingerprint density at radius 2 is 1.75 bits per heavy atom. The van der Waals surface area contributed by atoms with Crippen LogP contribution in [0.5, 0.6) is 0 Å². The fraction of sp³-hybridized carbons (Fsp3) is 1.00. The summed E-state index contributed by atoms with van der Waals surface area (Å²) in [5.41, 5.74) is 0. The monoisotopic (exact) mass is 161 g/mol. The van der Waals surface area contributed by atoms with E-state index in [1.54, 1.807) is 11.8 Å². The van der Waals surface area contributed by atoms with Gasteiger partial charge in [-0.3, -0.25) is 4.90 Å². The number of unbranched alkanes of at least 4 members (excludes halogenated alkanes) is 1. The molecule has 0 aliphatic carbocycles. The predicted octanol–water partition coefficient (Wildman–Crippen LogP) is 0.611. The first kappa shape index (κ1) is 18.8. The van der Waals surface area contributed by atoms with E-state index in [1.807, 2.05) is 14.1 Å². The minimum absolute atomic E-state index is 0. The van der Waals surface area contributed by atoms with Crippen molar-refractivity contribution in [3.63, 3.8) is 0 Å². The molecule has 4 heteroatoms. The van der Waals surface area contributed by atoms with E-state index in [2.05, 4.69) is 24.6 Å². The van der Waals surface area contributed by atoms with Crippen LogP contribution < -0.4 is 0 Å². The fourth-order valence-electron chi connectivity index (χ4n) is 0.354. The Balaban J connectivity index is -0.000000126. The standard InChI is InChI=1S/C4H11NO.C4H9.2Li.H/c1-4(6)5(2)3;1-3-4-2;;;/h4,6H,1-3H3;1,3-4H2,2H3;;;. The molecule has 0 saturated heterocycles. The SMILES string of the molecule is CC(O)N(C)C.[LiH].[Li][CH2]CCC. The van der Waals surface area contributed by atoms with E-state index >= 15 is 0 Å². The molecular weight excluding hydrogens is 140 g/mol. The quantitative estimate of drug-likeness (QED) is 0.484. The van der Waals surface area contributed by atoms with Crippen molar-refractivity contribution >= 4 is 36.6 Å². The van der Waals surface area contributed by atoms with Crippen LogP contribution in [0.4, 0.5) is 0 Å². The Kier molecular flexibility index (Phi) is 22.9. The zero-order valence-corrected chi connectivity index (χ0v) is 8.59. The zero-order chi connectivity index (χ0) is 9.28. The van der Waals surface area contributed by atoms with Crippen molar-refractivity contribution < 1.29 is 5.11 Å². The predicted molar refractivity (Wildman–Crippen MR) is 58.0 cm³/mol. The molecule has 0 heterocycles. The summed E-state index contributed by atoms with van der Waals surface area (Å²) in [5.74, 6) is 0. The van der Waals surface area contributed by atoms with Crippen molar-refractivity contribution in [1.29, 1.82) is 0 Å². The van der Waals surface area contributed by atoms with Crippen LogP contribution in [-0.4, -0.2) is 66.9 Å². The molecular formula is C8H21Li2NO. The second-order valence-corrected chi connectivity index (χ2v) is 2.95. The second-order valence-electron chi connectivity index (χ2n) is 2.95. The third-order valence-electron chi connectivity index (χ3n) is 1.45. The van der Waals surface area contributed by atoms with E-state index in [1.165, 1.54) is 17.9 Å². The maximum atomic E-state index is 8.56. The fourth-order valence-corrected chi connectivity index (χ4v) is 0.354. The molecule has 0 aliphatic heterocycles. The van der Waals surface area contributed by atoms with E-state index in [0.29, 0.717) is 0 Å². The van der Waals surface area contributed by atoms with Gasteiger partial charge in [-0.1, -0.05) is 0 Å². The van der Waals surface area contributed by atoms with Crippen molar-refractivity contribution in [2.45, 2.75) is 38.0 Å². The summed E-state index contributed by atoms with van der Waals surface area (Å²) in [4.78, 5) is 1.72. The topological polar surface area (TPSA) is 23.5 Å². The van der Waals surface area contributed by atoms with Gasteiger partial charge in [-0.2, -0.15) is 0 Å². The van der Waals surface area contributed by atoms with Gasteiger partial charge in [0.05, 0.1) is 0 Å². The Bertz CT molecular complexity index is 62.1. The summed E-state index contributed by atoms with van der Waals surface area (Å²) in [6.45, 7) is 3.93. The molecule has 0 aromatic rings. The first-order valence-electron chi connectivity index (χ1n) is 4.40. The van der Waals surface area contributed by atoms with E-state index in [9.17, 15) is 0 Å². The van der Waals surface area contributed by atoms with Gasteiger partial charge in [0.1, 0.15) is 6.23 Å². The molecule has 66 valence electrons. The Hall–Kier alpha value is 1.11. The minimum atomic E-state index is -0.315. The number of hydrogen-bond donors (Lipinski definition) is 1. The molecule has 0 amide bonds. The number of aliphatic hydroxyl groups is 1. The Morgan fingerprint density at radius 3 is 1.75 bits per heavy atom. The number of nitrogens with zero attached hydrogens (tertiary/aromatic N) is 1. The van der Waals surface area contributed by atoms with Gasteiger partial charge in [0.15, 0.2) is 0 Å². The molecule has 1 N–H and O–H groups in total. The van der Waals surface area contributed by atoms with E-state index < -0.39 is 0 Å². The van der Waals surface area contributed by atoms with E-state index in [0.717, 1.165) is 0 Å². The van der Waals surface area contributed by atoms with Crippen LogP contribution in [0.15, 0.2) is 0 Å². The third-order valence-corrected chi connectivity index (χ3v) is 1.45. The van der Waals surface area contributed by atoms with Crippen LogP contribution in [0.25, 0.3) is 0 Å². The van der Waals surface area contributed by atoms with Crippen LogP contribution in [-0.2, 0) is 0 Å². The normalized spacial score (nSPS) is 11.3. The van der Waals surface area contributed by atoms with Crippen molar-refractivity contribution in [3.05, 3.63) is 0 Å². The first-order chi connectivity index (χ1) is 5.06. The van der Waals surface area contributed by atoms with Crippen LogP contribution in [0.1, 0.15) is 26.7 Å². The molecule has 2 nitrogen and oxygen atoms in total. The van der Waals surface area contributed by atoms with Crippen molar-refractivity contribution in [2.24, 2.45) is 0 Å². The third kappa shape index (κ3) is 22.5. The Labute approximate surface area is 98.5 Å². The van der Waals surface area contributed by atoms with Gasteiger partial charge in [-0.05, 0) is 21.0 Å². The molecule has 0 aromatic carbocycles. The van der Waals surface area contributed by atoms with Gasteiger partial charge in [0.2, 0.25) is 0 Å². The van der Waals surface area contributed by atoms with Gasteiger partial charge in [0, 0.05) is 0 Å². The average Bonchev–Trinajstić information content (AvgIpc) is 1.90. The Morgan fingerprint density at radius 1 is 1.42 bits per heavy atom. The molecule has 0 fully saturated rings. The average molecular weight is 161 g/mol. The van der Waals surface area contributed by atoms with Gasteiger partial charge < -0.3 is 5.11 Å². The maximum absolute atomic E-state index is 8.56. The number of rotatable bonds is 3. The molecule has 12 heavy (non-hydrogen) atoms. The van der Waals surface area contributed by atoms with Crippen molar-refractivity contribution in [3.8, 4) is 0 Å². The molecule has 1 atom stereocenters. The second kappa shape index (κ2) is 14.6. The number of aliphatic hydroxyl groups excluding tert-OH is 1. The molecule has 0 rings (SSSR count). The van der Waals surface area contributed by atoms with Gasteiger partial charge in [-0.25, -0.2) is 0 Å². The number of hydrogen-bond acceptors (Lipinski definition) is 2. The van der Waals surface area contributed by atoms with Crippen LogP contribution in [0.3, 0.4) is 0 Å². The molecule has 0 bridgehead atoms. The van der Waals surface area contributed by atoms with Gasteiger partial charge in [-0.15, -0.1) is 0 Å². The molecule has 0 saturated carbocycles. The summed E-state index contributed by atoms with van der Waals surface area (Å²) in [6, 6.07) is 0. The zero-order valence-electron chi connectivity index (χ0n) is 8.59. The van der Waals surface area contributed by atoms with Crippen molar-refractivity contribution in [1.82, 2.24) is 4.90 Å². The molecule has 0 aliphatic rings. The molecule has 0 radical (unpaired) electrons. The van der Waals surface area contributed by atoms with E-state index in [-0.39, 0.29) is 25.1 Å². The summed E-state index contributed by atoms with van der Waals surface area (Å²) >= 11 is 2.21. The first-order valence-corrected chi connectivity index (χ1v) is 4.40. The van der Waals surface area contributed by atoms with Crippen LogP contribution in [0, 0.1) is 0 Å². The van der Waals surface area contributed by atoms with Gasteiger partial charge in [0.25, 0.3) is 0 Å². The molecule has 0 spiro atoms. The summed E-state index contributed by atoms with van der Waals surface area (Å²) < 4.78 is 0. The van der Waals surface area contributed by atoms with Gasteiger partial charge >= 0.3 is 61.4 Å². The molecule has 0 aromatic heterocycles. The summed E-state index contributed by atoms with van der Waals surface area (Å²) in [7, 11) is 3.65. The van der Waals surface area contributed by atoms with Crippen LogP contribution >= 0.6 is 0 Å². The summed E-state index contributed by atoms with van der Waals surface area (Å²) in [6.07, 6.45) is 2.42. The van der Waals surface area contributed by atoms with Crippen LogP contribution in [0.2, 0.25) is 5.09 Å². The van der Waals surface area contributed by atoms with E-state index in [4.69, 9.17) is 5.11 Å². The molecule has 1 unspecified atom stereocenters. The van der Waals surface area contributed by atoms with Crippen molar-refractivity contribution in [2.75, 3.05) is 14.1 Å². The summed E-state index contributed by atoms with van der Waals surface area (Å²) in [5, 5.41) is 9.90.